The fourth-order valence-electron chi connectivity index (χ4n) is 2.30. The highest BCUT2D eigenvalue weighted by atomic mass is 35.5. The summed E-state index contributed by atoms with van der Waals surface area (Å²) in [5, 5.41) is 3.63. The predicted octanol–water partition coefficient (Wildman–Crippen LogP) is 4.45. The van der Waals surface area contributed by atoms with Gasteiger partial charge in [0.2, 0.25) is 0 Å². The molecule has 1 atom stereocenters. The number of hydrogen-bond donors (Lipinski definition) is 1. The minimum atomic E-state index is -0.944. The number of para-hydroxylation sites is 2. The molecule has 0 bridgehead atoms. The van der Waals surface area contributed by atoms with Crippen molar-refractivity contribution in [3.8, 4) is 0 Å². The third kappa shape index (κ3) is 4.81. The van der Waals surface area contributed by atoms with Gasteiger partial charge in [0.05, 0.1) is 0 Å². The molecule has 0 aliphatic rings. The van der Waals surface area contributed by atoms with Crippen LogP contribution in [0.4, 0.5) is 5.69 Å². The van der Waals surface area contributed by atoms with Gasteiger partial charge in [0.15, 0.2) is 11.7 Å². The van der Waals surface area contributed by atoms with Gasteiger partial charge in [-0.15, -0.1) is 0 Å². The Morgan fingerprint density at radius 2 is 2.04 bits per heavy atom. The molecule has 140 valence electrons. The van der Waals surface area contributed by atoms with Gasteiger partial charge in [-0.25, -0.2) is 4.98 Å². The van der Waals surface area contributed by atoms with Crippen molar-refractivity contribution < 1.29 is 18.7 Å². The average Bonchev–Trinajstić information content (AvgIpc) is 3.06. The average molecular weight is 405 g/mol. The molecule has 0 aliphatic carbocycles. The van der Waals surface area contributed by atoms with Gasteiger partial charge < -0.3 is 14.5 Å². The molecule has 27 heavy (non-hydrogen) atoms. The Labute approximate surface area is 165 Å². The van der Waals surface area contributed by atoms with Crippen LogP contribution in [0.15, 0.2) is 52.1 Å². The third-order valence-corrected chi connectivity index (χ3v) is 5.00. The molecule has 2 aromatic carbocycles. The van der Waals surface area contributed by atoms with Crippen molar-refractivity contribution in [1.82, 2.24) is 4.98 Å². The Hall–Kier alpha value is -2.51. The minimum absolute atomic E-state index is 0.0133. The summed E-state index contributed by atoms with van der Waals surface area (Å²) in [6.45, 7) is 3.31. The zero-order valence-electron chi connectivity index (χ0n) is 14.7. The lowest BCUT2D eigenvalue weighted by molar-refractivity contribution is -0.150. The minimum Gasteiger partial charge on any atom is -0.452 e. The molecule has 0 saturated heterocycles. The van der Waals surface area contributed by atoms with Gasteiger partial charge in [-0.05, 0) is 43.7 Å². The Morgan fingerprint density at radius 1 is 1.26 bits per heavy atom. The van der Waals surface area contributed by atoms with E-state index < -0.39 is 18.0 Å². The smallest absolute Gasteiger partial charge is 0.317 e. The van der Waals surface area contributed by atoms with E-state index in [1.165, 1.54) is 6.92 Å². The number of fused-ring (bicyclic) bond motifs is 1. The Kier molecular flexibility index (Phi) is 6.03. The molecule has 3 aromatic rings. The molecule has 0 fully saturated rings. The molecule has 8 heteroatoms. The Morgan fingerprint density at radius 3 is 2.81 bits per heavy atom. The summed E-state index contributed by atoms with van der Waals surface area (Å²) in [5.41, 5.74) is 2.70. The van der Waals surface area contributed by atoms with E-state index >= 15 is 0 Å². The number of carbonyl (C=O) groups excluding carboxylic acids is 2. The van der Waals surface area contributed by atoms with E-state index in [-0.39, 0.29) is 5.75 Å². The lowest BCUT2D eigenvalue weighted by Crippen LogP contribution is -2.30. The summed E-state index contributed by atoms with van der Waals surface area (Å²) in [6.07, 6.45) is -0.944. The molecule has 6 nitrogen and oxygen atoms in total. The summed E-state index contributed by atoms with van der Waals surface area (Å²) >= 11 is 7.15. The number of hydrogen-bond acceptors (Lipinski definition) is 6. The van der Waals surface area contributed by atoms with Crippen LogP contribution in [-0.2, 0) is 14.3 Å². The zero-order chi connectivity index (χ0) is 19.4. The number of rotatable bonds is 6. The van der Waals surface area contributed by atoms with Gasteiger partial charge in [-0.1, -0.05) is 41.6 Å². The lowest BCUT2D eigenvalue weighted by atomic mass is 10.2. The Bertz CT molecular complexity index is 956. The first-order chi connectivity index (χ1) is 12.9. The molecule has 0 spiro atoms. The van der Waals surface area contributed by atoms with Crippen LogP contribution < -0.4 is 5.32 Å². The van der Waals surface area contributed by atoms with Crippen LogP contribution in [0, 0.1) is 6.92 Å². The van der Waals surface area contributed by atoms with Gasteiger partial charge >= 0.3 is 5.97 Å². The third-order valence-electron chi connectivity index (χ3n) is 3.79. The highest BCUT2D eigenvalue weighted by molar-refractivity contribution is 7.99. The Balaban J connectivity index is 1.52. The standard InChI is InChI=1S/C19H17ClN2O4S/c1-11-13(20)6-5-8-14(11)21-18(24)12(2)25-17(23)10-27-19-22-15-7-3-4-9-16(15)26-19/h3-9,12H,10H2,1-2H3,(H,21,24)/t12-/m1/s1. The van der Waals surface area contributed by atoms with E-state index in [1.54, 1.807) is 31.2 Å². The number of nitrogens with one attached hydrogen (secondary N) is 1. The van der Waals surface area contributed by atoms with E-state index in [0.29, 0.717) is 21.5 Å². The fourth-order valence-corrected chi connectivity index (χ4v) is 3.09. The molecule has 1 amide bonds. The van der Waals surface area contributed by atoms with Crippen molar-refractivity contribution in [3.05, 3.63) is 53.1 Å². The number of esters is 1. The second-order valence-electron chi connectivity index (χ2n) is 5.77. The van der Waals surface area contributed by atoms with E-state index in [0.717, 1.165) is 22.8 Å². The predicted molar refractivity (Wildman–Crippen MR) is 105 cm³/mol. The first kappa shape index (κ1) is 19.3. The maximum Gasteiger partial charge on any atom is 0.317 e. The van der Waals surface area contributed by atoms with Crippen LogP contribution in [0.25, 0.3) is 11.1 Å². The zero-order valence-corrected chi connectivity index (χ0v) is 16.3. The van der Waals surface area contributed by atoms with Crippen molar-refractivity contribution in [2.45, 2.75) is 25.2 Å². The molecule has 1 heterocycles. The van der Waals surface area contributed by atoms with Gasteiger partial charge in [-0.3, -0.25) is 9.59 Å². The maximum atomic E-state index is 12.2. The SMILES string of the molecule is Cc1c(Cl)cccc1NC(=O)[C@@H](C)OC(=O)CSc1nc2ccccc2o1. The van der Waals surface area contributed by atoms with Crippen molar-refractivity contribution >= 4 is 52.0 Å². The number of aromatic nitrogens is 1. The fraction of sp³-hybridized carbons (Fsp3) is 0.211. The maximum absolute atomic E-state index is 12.2. The molecule has 1 N–H and O–H groups in total. The summed E-state index contributed by atoms with van der Waals surface area (Å²) < 4.78 is 10.7. The van der Waals surface area contributed by atoms with Crippen LogP contribution in [0.5, 0.6) is 0 Å². The van der Waals surface area contributed by atoms with Crippen LogP contribution in [0.2, 0.25) is 5.02 Å². The highest BCUT2D eigenvalue weighted by Crippen LogP contribution is 2.24. The van der Waals surface area contributed by atoms with E-state index in [2.05, 4.69) is 10.3 Å². The summed E-state index contributed by atoms with van der Waals surface area (Å²) in [4.78, 5) is 28.5. The molecule has 0 unspecified atom stereocenters. The lowest BCUT2D eigenvalue weighted by Gasteiger charge is -2.14. The van der Waals surface area contributed by atoms with Crippen molar-refractivity contribution in [2.75, 3.05) is 11.1 Å². The molecular formula is C19H17ClN2O4S. The molecule has 0 radical (unpaired) electrons. The number of carbonyl (C=O) groups is 2. The molecule has 0 saturated carbocycles. The quantitative estimate of drug-likeness (QED) is 0.482. The van der Waals surface area contributed by atoms with Crippen LogP contribution in [0.3, 0.4) is 0 Å². The first-order valence-corrected chi connectivity index (χ1v) is 9.54. The summed E-state index contributed by atoms with van der Waals surface area (Å²) in [5.74, 6) is -0.978. The monoisotopic (exact) mass is 404 g/mol. The normalized spacial score (nSPS) is 12.0. The molecule has 3 rings (SSSR count). The molecule has 1 aromatic heterocycles. The van der Waals surface area contributed by atoms with E-state index in [4.69, 9.17) is 20.8 Å². The second-order valence-corrected chi connectivity index (χ2v) is 7.10. The first-order valence-electron chi connectivity index (χ1n) is 8.18. The van der Waals surface area contributed by atoms with Crippen molar-refractivity contribution in [3.63, 3.8) is 0 Å². The number of thioether (sulfide) groups is 1. The second kappa shape index (κ2) is 8.45. The highest BCUT2D eigenvalue weighted by Gasteiger charge is 2.19. The number of ether oxygens (including phenoxy) is 1. The van der Waals surface area contributed by atoms with E-state index in [1.807, 2.05) is 18.2 Å². The number of anilines is 1. The number of halogens is 1. The number of nitrogens with zero attached hydrogens (tertiary/aromatic N) is 1. The number of amides is 1. The van der Waals surface area contributed by atoms with Gasteiger partial charge in [0, 0.05) is 10.7 Å². The van der Waals surface area contributed by atoms with Crippen molar-refractivity contribution in [2.24, 2.45) is 0 Å². The van der Waals surface area contributed by atoms with Crippen molar-refractivity contribution in [1.29, 1.82) is 0 Å². The van der Waals surface area contributed by atoms with Crippen LogP contribution in [-0.4, -0.2) is 28.7 Å². The van der Waals surface area contributed by atoms with Crippen LogP contribution >= 0.6 is 23.4 Å². The number of oxazole rings is 1. The van der Waals surface area contributed by atoms with Gasteiger partial charge in [0.25, 0.3) is 11.1 Å². The molecular weight excluding hydrogens is 388 g/mol. The van der Waals surface area contributed by atoms with Gasteiger partial charge in [-0.2, -0.15) is 0 Å². The topological polar surface area (TPSA) is 81.4 Å². The summed E-state index contributed by atoms with van der Waals surface area (Å²) in [6, 6.07) is 12.5. The number of benzene rings is 2. The van der Waals surface area contributed by atoms with Crippen LogP contribution in [0.1, 0.15) is 12.5 Å². The molecule has 0 aliphatic heterocycles. The van der Waals surface area contributed by atoms with E-state index in [9.17, 15) is 9.59 Å². The summed E-state index contributed by atoms with van der Waals surface area (Å²) in [7, 11) is 0. The van der Waals surface area contributed by atoms with Gasteiger partial charge in [0.1, 0.15) is 11.3 Å². The largest absolute Gasteiger partial charge is 0.452 e.